The lowest BCUT2D eigenvalue weighted by atomic mass is 10.3. The summed E-state index contributed by atoms with van der Waals surface area (Å²) < 4.78 is 0. The normalized spacial score (nSPS) is 13.8. The van der Waals surface area contributed by atoms with Gasteiger partial charge in [0.2, 0.25) is 0 Å². The first kappa shape index (κ1) is 12.3. The topological polar surface area (TPSA) is 12.0 Å². The van der Waals surface area contributed by atoms with Crippen molar-refractivity contribution in [3.8, 4) is 0 Å². The van der Waals surface area contributed by atoms with Crippen LogP contribution in [0.2, 0.25) is 0 Å². The third-order valence-corrected chi connectivity index (χ3v) is 2.82. The molecule has 0 aromatic heterocycles. The van der Waals surface area contributed by atoms with Crippen LogP contribution in [0.15, 0.2) is 0 Å². The van der Waals surface area contributed by atoms with Crippen LogP contribution in [0.25, 0.3) is 0 Å². The Hall–Kier alpha value is 0.310. The SMILES string of the molecule is CCCCNCC(C)SC(C)C. The van der Waals surface area contributed by atoms with Gasteiger partial charge in [0.15, 0.2) is 0 Å². The van der Waals surface area contributed by atoms with Crippen molar-refractivity contribution < 1.29 is 0 Å². The van der Waals surface area contributed by atoms with Crippen molar-refractivity contribution >= 4 is 11.8 Å². The highest BCUT2D eigenvalue weighted by Gasteiger charge is 2.03. The number of rotatable bonds is 7. The van der Waals surface area contributed by atoms with Gasteiger partial charge in [-0.1, -0.05) is 34.1 Å². The first-order valence-corrected chi connectivity index (χ1v) is 5.97. The van der Waals surface area contributed by atoms with Gasteiger partial charge in [-0.15, -0.1) is 0 Å². The van der Waals surface area contributed by atoms with Gasteiger partial charge in [-0.2, -0.15) is 11.8 Å². The molecule has 1 N–H and O–H groups in total. The predicted octanol–water partition coefficient (Wildman–Crippen LogP) is 2.91. The van der Waals surface area contributed by atoms with E-state index < -0.39 is 0 Å². The van der Waals surface area contributed by atoms with Gasteiger partial charge in [-0.05, 0) is 18.2 Å². The Bertz CT molecular complexity index is 93.8. The highest BCUT2D eigenvalue weighted by molar-refractivity contribution is 8.00. The molecule has 1 nitrogen and oxygen atoms in total. The molecular weight excluding hydrogens is 166 g/mol. The van der Waals surface area contributed by atoms with Crippen molar-refractivity contribution in [3.63, 3.8) is 0 Å². The molecule has 0 amide bonds. The van der Waals surface area contributed by atoms with Gasteiger partial charge in [0.25, 0.3) is 0 Å². The minimum Gasteiger partial charge on any atom is -0.316 e. The second-order valence-corrected chi connectivity index (χ2v) is 5.57. The van der Waals surface area contributed by atoms with E-state index in [1.807, 2.05) is 11.8 Å². The molecule has 0 heterocycles. The van der Waals surface area contributed by atoms with E-state index in [9.17, 15) is 0 Å². The molecule has 0 radical (unpaired) electrons. The third-order valence-electron chi connectivity index (χ3n) is 1.64. The van der Waals surface area contributed by atoms with Crippen molar-refractivity contribution in [2.24, 2.45) is 0 Å². The lowest BCUT2D eigenvalue weighted by molar-refractivity contribution is 0.638. The van der Waals surface area contributed by atoms with E-state index in [1.54, 1.807) is 0 Å². The fourth-order valence-corrected chi connectivity index (χ4v) is 2.26. The van der Waals surface area contributed by atoms with E-state index >= 15 is 0 Å². The number of hydrogen-bond donors (Lipinski definition) is 1. The zero-order valence-electron chi connectivity index (χ0n) is 8.89. The maximum absolute atomic E-state index is 3.47. The van der Waals surface area contributed by atoms with Crippen LogP contribution in [-0.4, -0.2) is 23.6 Å². The average Bonchev–Trinajstić information content (AvgIpc) is 1.97. The number of hydrogen-bond acceptors (Lipinski definition) is 2. The highest BCUT2D eigenvalue weighted by atomic mass is 32.2. The van der Waals surface area contributed by atoms with E-state index in [2.05, 4.69) is 33.0 Å². The van der Waals surface area contributed by atoms with Gasteiger partial charge >= 0.3 is 0 Å². The second kappa shape index (κ2) is 7.93. The van der Waals surface area contributed by atoms with Crippen LogP contribution in [-0.2, 0) is 0 Å². The number of thioether (sulfide) groups is 1. The summed E-state index contributed by atoms with van der Waals surface area (Å²) in [5, 5.41) is 4.98. The number of unbranched alkanes of at least 4 members (excludes halogenated alkanes) is 1. The maximum atomic E-state index is 3.47. The lowest BCUT2D eigenvalue weighted by Crippen LogP contribution is -2.24. The van der Waals surface area contributed by atoms with Crippen LogP contribution in [0, 0.1) is 0 Å². The average molecular weight is 189 g/mol. The first-order chi connectivity index (χ1) is 5.66. The molecule has 0 bridgehead atoms. The molecule has 1 unspecified atom stereocenters. The summed E-state index contributed by atoms with van der Waals surface area (Å²) in [6.07, 6.45) is 2.60. The van der Waals surface area contributed by atoms with Crippen molar-refractivity contribution in [1.29, 1.82) is 0 Å². The Morgan fingerprint density at radius 1 is 1.25 bits per heavy atom. The standard InChI is InChI=1S/C10H23NS/c1-5-6-7-11-8-10(4)12-9(2)3/h9-11H,5-8H2,1-4H3. The minimum absolute atomic E-state index is 0.752. The Morgan fingerprint density at radius 2 is 1.92 bits per heavy atom. The van der Waals surface area contributed by atoms with E-state index in [0.29, 0.717) is 0 Å². The molecule has 0 saturated heterocycles. The van der Waals surface area contributed by atoms with Crippen LogP contribution >= 0.6 is 11.8 Å². The van der Waals surface area contributed by atoms with Gasteiger partial charge in [0.1, 0.15) is 0 Å². The molecule has 0 aromatic rings. The maximum Gasteiger partial charge on any atom is 0.0146 e. The summed E-state index contributed by atoms with van der Waals surface area (Å²) in [4.78, 5) is 0. The van der Waals surface area contributed by atoms with Crippen molar-refractivity contribution in [1.82, 2.24) is 5.32 Å². The molecule has 0 aromatic carbocycles. The molecular formula is C10H23NS. The van der Waals surface area contributed by atoms with Crippen LogP contribution in [0.1, 0.15) is 40.5 Å². The minimum atomic E-state index is 0.752. The third kappa shape index (κ3) is 8.41. The van der Waals surface area contributed by atoms with Crippen molar-refractivity contribution in [3.05, 3.63) is 0 Å². The zero-order valence-corrected chi connectivity index (χ0v) is 9.71. The van der Waals surface area contributed by atoms with Gasteiger partial charge in [-0.25, -0.2) is 0 Å². The Labute approximate surface area is 81.7 Å². The molecule has 0 rings (SSSR count). The molecule has 0 saturated carbocycles. The van der Waals surface area contributed by atoms with E-state index in [-0.39, 0.29) is 0 Å². The Morgan fingerprint density at radius 3 is 2.42 bits per heavy atom. The molecule has 74 valence electrons. The fourth-order valence-electron chi connectivity index (χ4n) is 1.12. The van der Waals surface area contributed by atoms with Crippen LogP contribution in [0.4, 0.5) is 0 Å². The van der Waals surface area contributed by atoms with E-state index in [4.69, 9.17) is 0 Å². The van der Waals surface area contributed by atoms with Crippen LogP contribution in [0.5, 0.6) is 0 Å². The first-order valence-electron chi connectivity index (χ1n) is 5.03. The van der Waals surface area contributed by atoms with Crippen LogP contribution in [0.3, 0.4) is 0 Å². The highest BCUT2D eigenvalue weighted by Crippen LogP contribution is 2.15. The zero-order chi connectivity index (χ0) is 9.40. The number of nitrogens with one attached hydrogen (secondary N) is 1. The van der Waals surface area contributed by atoms with Crippen molar-refractivity contribution in [2.75, 3.05) is 13.1 Å². The lowest BCUT2D eigenvalue weighted by Gasteiger charge is -2.14. The summed E-state index contributed by atoms with van der Waals surface area (Å²) >= 11 is 2.05. The smallest absolute Gasteiger partial charge is 0.0146 e. The molecule has 12 heavy (non-hydrogen) atoms. The summed E-state index contributed by atoms with van der Waals surface area (Å²) in [5.41, 5.74) is 0. The van der Waals surface area contributed by atoms with Gasteiger partial charge < -0.3 is 5.32 Å². The summed E-state index contributed by atoms with van der Waals surface area (Å²) in [5.74, 6) is 0. The molecule has 0 aliphatic heterocycles. The molecule has 0 spiro atoms. The van der Waals surface area contributed by atoms with E-state index in [1.165, 1.54) is 19.4 Å². The summed E-state index contributed by atoms with van der Waals surface area (Å²) in [6, 6.07) is 0. The summed E-state index contributed by atoms with van der Waals surface area (Å²) in [7, 11) is 0. The Balaban J connectivity index is 3.14. The molecule has 1 atom stereocenters. The molecule has 0 aliphatic rings. The molecule has 0 aliphatic carbocycles. The monoisotopic (exact) mass is 189 g/mol. The summed E-state index contributed by atoms with van der Waals surface area (Å²) in [6.45, 7) is 11.4. The fraction of sp³-hybridized carbons (Fsp3) is 1.00. The molecule has 2 heteroatoms. The second-order valence-electron chi connectivity index (χ2n) is 3.55. The van der Waals surface area contributed by atoms with Crippen molar-refractivity contribution in [2.45, 2.75) is 51.0 Å². The largest absolute Gasteiger partial charge is 0.316 e. The molecule has 0 fully saturated rings. The van der Waals surface area contributed by atoms with Gasteiger partial charge in [0, 0.05) is 11.8 Å². The van der Waals surface area contributed by atoms with Gasteiger partial charge in [-0.3, -0.25) is 0 Å². The van der Waals surface area contributed by atoms with Gasteiger partial charge in [0.05, 0.1) is 0 Å². The van der Waals surface area contributed by atoms with Crippen LogP contribution < -0.4 is 5.32 Å². The quantitative estimate of drug-likeness (QED) is 0.618. The predicted molar refractivity (Wildman–Crippen MR) is 60.0 cm³/mol. The Kier molecular flexibility index (Phi) is 8.14. The van der Waals surface area contributed by atoms with E-state index in [0.717, 1.165) is 17.0 Å².